The van der Waals surface area contributed by atoms with Gasteiger partial charge < -0.3 is 5.11 Å². The number of carbonyl (C=O) groups is 2. The van der Waals surface area contributed by atoms with Gasteiger partial charge in [-0.05, 0) is 44.0 Å². The summed E-state index contributed by atoms with van der Waals surface area (Å²) >= 11 is 1.26. The van der Waals surface area contributed by atoms with Crippen molar-refractivity contribution in [3.8, 4) is 0 Å². The predicted octanol–water partition coefficient (Wildman–Crippen LogP) is 5.99. The van der Waals surface area contributed by atoms with E-state index in [0.29, 0.717) is 5.56 Å². The summed E-state index contributed by atoms with van der Waals surface area (Å²) in [5, 5.41) is 11.4. The highest BCUT2D eigenvalue weighted by Crippen LogP contribution is 2.45. The predicted molar refractivity (Wildman–Crippen MR) is 131 cm³/mol. The molecule has 1 atom stereocenters. The second-order valence-electron chi connectivity index (χ2n) is 8.48. The number of anilines is 1. The van der Waals surface area contributed by atoms with Crippen LogP contribution in [0.25, 0.3) is 16.0 Å². The number of hydrogen-bond donors (Lipinski definition) is 1. The van der Waals surface area contributed by atoms with Crippen LogP contribution < -0.4 is 4.90 Å². The summed E-state index contributed by atoms with van der Waals surface area (Å²) < 4.78 is 15.9. The van der Waals surface area contributed by atoms with E-state index in [-0.39, 0.29) is 22.0 Å². The smallest absolute Gasteiger partial charge is 0.301 e. The molecule has 170 valence electrons. The van der Waals surface area contributed by atoms with Crippen molar-refractivity contribution in [3.05, 3.63) is 99.9 Å². The Balaban J connectivity index is 1.76. The lowest BCUT2D eigenvalue weighted by atomic mass is 9.95. The van der Waals surface area contributed by atoms with E-state index in [1.807, 2.05) is 32.9 Å². The lowest BCUT2D eigenvalue weighted by Gasteiger charge is -2.23. The van der Waals surface area contributed by atoms with E-state index < -0.39 is 23.5 Å². The quantitative estimate of drug-likeness (QED) is 0.226. The molecule has 34 heavy (non-hydrogen) atoms. The second kappa shape index (κ2) is 8.18. The van der Waals surface area contributed by atoms with Crippen LogP contribution in [-0.2, 0) is 9.59 Å². The van der Waals surface area contributed by atoms with Crippen LogP contribution in [0.3, 0.4) is 0 Å². The molecule has 1 fully saturated rings. The van der Waals surface area contributed by atoms with E-state index in [1.54, 1.807) is 30.3 Å². The monoisotopic (exact) mass is 472 g/mol. The summed E-state index contributed by atoms with van der Waals surface area (Å²) in [6.45, 7) is 5.80. The number of aliphatic hydroxyl groups excluding tert-OH is 1. The molecule has 0 aliphatic carbocycles. The normalized spacial score (nSPS) is 17.6. The number of Topliss-reactive ketones (excluding diaryl/α,β-unsaturated/α-hetero) is 1. The number of fused-ring (bicyclic) bond motifs is 1. The van der Waals surface area contributed by atoms with Crippen molar-refractivity contribution in [1.82, 2.24) is 4.98 Å². The van der Waals surface area contributed by atoms with E-state index >= 15 is 4.39 Å². The molecule has 4 aromatic rings. The highest BCUT2D eigenvalue weighted by atomic mass is 32.1. The standard InChI is InChI=1S/C27H21FN2O3S/c1-14-8-10-17(11-9-14)24(31)21-23(18-6-4-5-7-19(18)28)30(26(33)25(21)32)27-29-22-16(3)12-15(2)13-20(22)34-27/h4-13,23,31H,1-3H3/b24-21+. The van der Waals surface area contributed by atoms with Crippen LogP contribution in [0.4, 0.5) is 9.52 Å². The van der Waals surface area contributed by atoms with Crippen molar-refractivity contribution in [2.75, 3.05) is 4.90 Å². The summed E-state index contributed by atoms with van der Waals surface area (Å²) in [5.74, 6) is -2.65. The number of halogens is 1. The van der Waals surface area contributed by atoms with Crippen LogP contribution >= 0.6 is 11.3 Å². The van der Waals surface area contributed by atoms with E-state index in [0.717, 1.165) is 26.9 Å². The fraction of sp³-hybridized carbons (Fsp3) is 0.148. The molecule has 1 aromatic heterocycles. The Bertz CT molecular complexity index is 1500. The number of nitrogens with zero attached hydrogens (tertiary/aromatic N) is 2. The van der Waals surface area contributed by atoms with Gasteiger partial charge in [0.25, 0.3) is 5.78 Å². The number of benzene rings is 3. The Kier molecular flexibility index (Phi) is 5.29. The Hall–Kier alpha value is -3.84. The second-order valence-corrected chi connectivity index (χ2v) is 9.49. The van der Waals surface area contributed by atoms with Gasteiger partial charge in [-0.3, -0.25) is 14.5 Å². The first-order valence-electron chi connectivity index (χ1n) is 10.8. The Labute approximate surface area is 199 Å². The van der Waals surface area contributed by atoms with Gasteiger partial charge in [0.1, 0.15) is 17.6 Å². The molecule has 1 saturated heterocycles. The number of rotatable bonds is 3. The van der Waals surface area contributed by atoms with Crippen molar-refractivity contribution >= 4 is 44.1 Å². The number of aryl methyl sites for hydroxylation is 3. The van der Waals surface area contributed by atoms with E-state index in [9.17, 15) is 14.7 Å². The number of thiazole rings is 1. The SMILES string of the molecule is Cc1ccc(/C(O)=C2\C(=O)C(=O)N(c3nc4c(C)cc(C)cc4s3)C2c2ccccc2F)cc1. The molecule has 5 rings (SSSR count). The zero-order valence-corrected chi connectivity index (χ0v) is 19.6. The van der Waals surface area contributed by atoms with Crippen molar-refractivity contribution < 1.29 is 19.1 Å². The zero-order chi connectivity index (χ0) is 24.1. The van der Waals surface area contributed by atoms with Crippen molar-refractivity contribution in [2.45, 2.75) is 26.8 Å². The topological polar surface area (TPSA) is 70.5 Å². The van der Waals surface area contributed by atoms with Gasteiger partial charge in [0.15, 0.2) is 5.13 Å². The Morgan fingerprint density at radius 2 is 1.71 bits per heavy atom. The number of hydrogen-bond acceptors (Lipinski definition) is 5. The summed E-state index contributed by atoms with van der Waals surface area (Å²) in [6, 6.07) is 15.7. The van der Waals surface area contributed by atoms with Crippen molar-refractivity contribution in [1.29, 1.82) is 0 Å². The maximum absolute atomic E-state index is 15.0. The third-order valence-corrected chi connectivity index (χ3v) is 7.00. The lowest BCUT2D eigenvalue weighted by Crippen LogP contribution is -2.29. The first-order chi connectivity index (χ1) is 16.3. The summed E-state index contributed by atoms with van der Waals surface area (Å²) in [4.78, 5) is 32.4. The minimum absolute atomic E-state index is 0.113. The molecule has 7 heteroatoms. The number of amides is 1. The van der Waals surface area contributed by atoms with Crippen LogP contribution in [0.1, 0.15) is 33.9 Å². The summed E-state index contributed by atoms with van der Waals surface area (Å²) in [7, 11) is 0. The van der Waals surface area contributed by atoms with Crippen molar-refractivity contribution in [3.63, 3.8) is 0 Å². The van der Waals surface area contributed by atoms with Crippen LogP contribution in [-0.4, -0.2) is 21.8 Å². The van der Waals surface area contributed by atoms with Gasteiger partial charge >= 0.3 is 5.91 Å². The maximum atomic E-state index is 15.0. The minimum Gasteiger partial charge on any atom is -0.507 e. The average Bonchev–Trinajstić information content (AvgIpc) is 3.33. The van der Waals surface area contributed by atoms with Gasteiger partial charge in [-0.25, -0.2) is 9.37 Å². The van der Waals surface area contributed by atoms with E-state index in [2.05, 4.69) is 4.98 Å². The molecule has 0 saturated carbocycles. The zero-order valence-electron chi connectivity index (χ0n) is 18.8. The summed E-state index contributed by atoms with van der Waals surface area (Å²) in [6.07, 6.45) is 0. The molecule has 1 amide bonds. The summed E-state index contributed by atoms with van der Waals surface area (Å²) in [5.41, 5.74) is 4.01. The fourth-order valence-electron chi connectivity index (χ4n) is 4.35. The van der Waals surface area contributed by atoms with Crippen molar-refractivity contribution in [2.24, 2.45) is 0 Å². The number of ketones is 1. The molecule has 3 aromatic carbocycles. The number of aliphatic hydroxyl groups is 1. The third kappa shape index (κ3) is 3.49. The highest BCUT2D eigenvalue weighted by Gasteiger charge is 2.49. The Morgan fingerprint density at radius 3 is 2.41 bits per heavy atom. The third-order valence-electron chi connectivity index (χ3n) is 5.99. The van der Waals surface area contributed by atoms with Gasteiger partial charge in [-0.1, -0.05) is 65.4 Å². The van der Waals surface area contributed by atoms with Crippen LogP contribution in [0.2, 0.25) is 0 Å². The molecule has 0 spiro atoms. The van der Waals surface area contributed by atoms with Crippen LogP contribution in [0.5, 0.6) is 0 Å². The number of carbonyl (C=O) groups excluding carboxylic acids is 2. The fourth-order valence-corrected chi connectivity index (χ4v) is 5.52. The van der Waals surface area contributed by atoms with Crippen LogP contribution in [0, 0.1) is 26.6 Å². The maximum Gasteiger partial charge on any atom is 0.301 e. The van der Waals surface area contributed by atoms with Gasteiger partial charge in [0.2, 0.25) is 0 Å². The average molecular weight is 473 g/mol. The lowest BCUT2D eigenvalue weighted by molar-refractivity contribution is -0.132. The largest absolute Gasteiger partial charge is 0.507 e. The van der Waals surface area contributed by atoms with Gasteiger partial charge in [0, 0.05) is 11.1 Å². The molecule has 0 radical (unpaired) electrons. The van der Waals surface area contributed by atoms with Gasteiger partial charge in [-0.2, -0.15) is 0 Å². The van der Waals surface area contributed by atoms with Gasteiger partial charge in [0.05, 0.1) is 15.8 Å². The Morgan fingerprint density at radius 1 is 1.00 bits per heavy atom. The first-order valence-corrected chi connectivity index (χ1v) is 11.6. The van der Waals surface area contributed by atoms with Crippen LogP contribution in [0.15, 0.2) is 66.2 Å². The van der Waals surface area contributed by atoms with E-state index in [1.165, 1.54) is 34.4 Å². The molecule has 1 unspecified atom stereocenters. The molecule has 1 aliphatic heterocycles. The highest BCUT2D eigenvalue weighted by molar-refractivity contribution is 7.22. The minimum atomic E-state index is -1.15. The first kappa shape index (κ1) is 22.0. The molecular weight excluding hydrogens is 451 g/mol. The molecule has 1 N–H and O–H groups in total. The molecule has 2 heterocycles. The molecule has 5 nitrogen and oxygen atoms in total. The number of aromatic nitrogens is 1. The van der Waals surface area contributed by atoms with Gasteiger partial charge in [-0.15, -0.1) is 0 Å². The molecule has 1 aliphatic rings. The molecule has 0 bridgehead atoms. The van der Waals surface area contributed by atoms with E-state index in [4.69, 9.17) is 0 Å². The molecular formula is C27H21FN2O3S.